The average molecular weight is 335 g/mol. The lowest BCUT2D eigenvalue weighted by Gasteiger charge is -2.22. The first-order valence-corrected chi connectivity index (χ1v) is 8.58. The summed E-state index contributed by atoms with van der Waals surface area (Å²) >= 11 is 0. The molecule has 122 valence electrons. The second kappa shape index (κ2) is 7.92. The van der Waals surface area contributed by atoms with Gasteiger partial charge in [-0.15, -0.1) is 0 Å². The van der Waals surface area contributed by atoms with Crippen molar-refractivity contribution >= 4 is 13.7 Å². The summed E-state index contributed by atoms with van der Waals surface area (Å²) < 4.78 is 21.9. The molecule has 0 aromatic heterocycles. The Bertz CT molecular complexity index is 677. The molecular formula is C16H18NO5P. The molecule has 0 saturated heterocycles. The molecule has 2 aromatic rings. The number of carbonyl (C=O) groups excluding carboxylic acids is 1. The van der Waals surface area contributed by atoms with Crippen LogP contribution in [0.1, 0.15) is 16.9 Å². The van der Waals surface area contributed by atoms with E-state index in [2.05, 4.69) is 9.84 Å². The fourth-order valence-electron chi connectivity index (χ4n) is 1.97. The van der Waals surface area contributed by atoms with Crippen LogP contribution in [0.5, 0.6) is 0 Å². The van der Waals surface area contributed by atoms with Crippen molar-refractivity contribution in [3.63, 3.8) is 0 Å². The summed E-state index contributed by atoms with van der Waals surface area (Å²) in [5.74, 6) is -1.20. The predicted molar refractivity (Wildman–Crippen MR) is 85.8 cm³/mol. The van der Waals surface area contributed by atoms with Gasteiger partial charge in [0.1, 0.15) is 6.61 Å². The predicted octanol–water partition coefficient (Wildman–Crippen LogP) is 3.44. The van der Waals surface area contributed by atoms with Crippen molar-refractivity contribution in [2.24, 2.45) is 0 Å². The van der Waals surface area contributed by atoms with Crippen LogP contribution >= 0.6 is 7.60 Å². The van der Waals surface area contributed by atoms with Gasteiger partial charge in [-0.1, -0.05) is 60.7 Å². The summed E-state index contributed by atoms with van der Waals surface area (Å²) in [6.07, 6.45) is -0.797. The minimum Gasteiger partial charge on any atom is -0.445 e. The van der Waals surface area contributed by atoms with Gasteiger partial charge in [0.25, 0.3) is 0 Å². The Morgan fingerprint density at radius 3 is 2.26 bits per heavy atom. The maximum atomic E-state index is 12.2. The first-order chi connectivity index (χ1) is 11.0. The number of hydrogen-bond donors (Lipinski definition) is 2. The molecule has 0 saturated carbocycles. The molecule has 2 atom stereocenters. The van der Waals surface area contributed by atoms with E-state index in [1.807, 2.05) is 30.3 Å². The zero-order valence-electron chi connectivity index (χ0n) is 12.6. The molecule has 0 bridgehead atoms. The van der Waals surface area contributed by atoms with E-state index in [0.717, 1.165) is 12.7 Å². The average Bonchev–Trinajstić information content (AvgIpc) is 2.59. The summed E-state index contributed by atoms with van der Waals surface area (Å²) in [4.78, 5) is 21.9. The van der Waals surface area contributed by atoms with Gasteiger partial charge >= 0.3 is 13.7 Å². The van der Waals surface area contributed by atoms with E-state index in [1.165, 1.54) is 0 Å². The Balaban J connectivity index is 2.06. The SMILES string of the molecule is COP(=O)(O)C(NC(=O)OCc1ccccc1)c1ccccc1. The van der Waals surface area contributed by atoms with Crippen LogP contribution in [-0.4, -0.2) is 18.1 Å². The Hall–Kier alpha value is -2.14. The van der Waals surface area contributed by atoms with E-state index < -0.39 is 19.5 Å². The summed E-state index contributed by atoms with van der Waals surface area (Å²) in [7, 11) is -2.95. The highest BCUT2D eigenvalue weighted by atomic mass is 31.2. The third-order valence-corrected chi connectivity index (χ3v) is 4.77. The minimum absolute atomic E-state index is 0.0664. The number of amides is 1. The van der Waals surface area contributed by atoms with E-state index in [1.54, 1.807) is 30.3 Å². The normalized spacial score (nSPS) is 14.5. The van der Waals surface area contributed by atoms with Gasteiger partial charge < -0.3 is 19.5 Å². The standard InChI is InChI=1S/C16H18NO5P/c1-21-23(19,20)15(14-10-6-3-7-11-14)17-16(18)22-12-13-8-4-2-5-9-13/h2-11,15H,12H2,1H3,(H,17,18)(H,19,20). The molecule has 0 aliphatic carbocycles. The second-order valence-electron chi connectivity index (χ2n) is 4.77. The molecule has 6 nitrogen and oxygen atoms in total. The highest BCUT2D eigenvalue weighted by Gasteiger charge is 2.34. The molecule has 23 heavy (non-hydrogen) atoms. The molecule has 0 spiro atoms. The van der Waals surface area contributed by atoms with Crippen molar-refractivity contribution in [3.8, 4) is 0 Å². The zero-order chi connectivity index (χ0) is 16.7. The molecule has 0 aliphatic rings. The lowest BCUT2D eigenvalue weighted by Crippen LogP contribution is -2.29. The fraction of sp³-hybridized carbons (Fsp3) is 0.188. The van der Waals surface area contributed by atoms with Crippen molar-refractivity contribution in [3.05, 3.63) is 71.8 Å². The van der Waals surface area contributed by atoms with Gasteiger partial charge in [-0.25, -0.2) is 4.79 Å². The lowest BCUT2D eigenvalue weighted by molar-refractivity contribution is 0.136. The van der Waals surface area contributed by atoms with Crippen molar-refractivity contribution in [1.82, 2.24) is 5.32 Å². The number of ether oxygens (including phenoxy) is 1. The monoisotopic (exact) mass is 335 g/mol. The van der Waals surface area contributed by atoms with Crippen LogP contribution in [-0.2, 0) is 20.4 Å². The molecule has 0 radical (unpaired) electrons. The topological polar surface area (TPSA) is 84.9 Å². The van der Waals surface area contributed by atoms with Gasteiger partial charge in [-0.3, -0.25) is 4.57 Å². The lowest BCUT2D eigenvalue weighted by atomic mass is 10.2. The zero-order valence-corrected chi connectivity index (χ0v) is 13.5. The Labute approximate surface area is 134 Å². The Morgan fingerprint density at radius 2 is 1.70 bits per heavy atom. The van der Waals surface area contributed by atoms with E-state index in [9.17, 15) is 14.3 Å². The van der Waals surface area contributed by atoms with Crippen molar-refractivity contribution < 1.29 is 23.5 Å². The van der Waals surface area contributed by atoms with Gasteiger partial charge in [-0.2, -0.15) is 0 Å². The third-order valence-electron chi connectivity index (χ3n) is 3.17. The van der Waals surface area contributed by atoms with Gasteiger partial charge in [0.05, 0.1) is 0 Å². The third kappa shape index (κ3) is 4.93. The highest BCUT2D eigenvalue weighted by molar-refractivity contribution is 7.53. The van der Waals surface area contributed by atoms with Crippen molar-refractivity contribution in [1.29, 1.82) is 0 Å². The Morgan fingerprint density at radius 1 is 1.13 bits per heavy atom. The van der Waals surface area contributed by atoms with E-state index >= 15 is 0 Å². The molecule has 2 aromatic carbocycles. The maximum absolute atomic E-state index is 12.2. The fourth-order valence-corrected chi connectivity index (χ4v) is 3.00. The van der Waals surface area contributed by atoms with Crippen LogP contribution in [0, 0.1) is 0 Å². The summed E-state index contributed by atoms with van der Waals surface area (Å²) in [6.45, 7) is 0.0664. The molecule has 2 unspecified atom stereocenters. The van der Waals surface area contributed by atoms with Crippen LogP contribution in [0.25, 0.3) is 0 Å². The van der Waals surface area contributed by atoms with Crippen LogP contribution in [0.2, 0.25) is 0 Å². The summed E-state index contributed by atoms with van der Waals surface area (Å²) in [5.41, 5.74) is 1.27. The largest absolute Gasteiger partial charge is 0.445 e. The number of benzene rings is 2. The second-order valence-corrected chi connectivity index (χ2v) is 6.78. The first kappa shape index (κ1) is 17.2. The number of hydrogen-bond acceptors (Lipinski definition) is 4. The molecule has 0 fully saturated rings. The van der Waals surface area contributed by atoms with Crippen LogP contribution < -0.4 is 5.32 Å². The van der Waals surface area contributed by atoms with Crippen LogP contribution in [0.15, 0.2) is 60.7 Å². The number of nitrogens with one attached hydrogen (secondary N) is 1. The molecule has 2 N–H and O–H groups in total. The van der Waals surface area contributed by atoms with E-state index in [-0.39, 0.29) is 6.61 Å². The number of alkyl carbamates (subject to hydrolysis) is 1. The van der Waals surface area contributed by atoms with Gasteiger partial charge in [0, 0.05) is 7.11 Å². The minimum atomic E-state index is -4.07. The van der Waals surface area contributed by atoms with Gasteiger partial charge in [-0.05, 0) is 11.1 Å². The maximum Gasteiger partial charge on any atom is 0.408 e. The number of rotatable bonds is 6. The molecule has 0 heterocycles. The van der Waals surface area contributed by atoms with Crippen LogP contribution in [0.4, 0.5) is 4.79 Å². The quantitative estimate of drug-likeness (QED) is 0.790. The van der Waals surface area contributed by atoms with Crippen molar-refractivity contribution in [2.45, 2.75) is 12.4 Å². The van der Waals surface area contributed by atoms with E-state index in [4.69, 9.17) is 4.74 Å². The molecular weight excluding hydrogens is 317 g/mol. The molecule has 7 heteroatoms. The number of carbonyl (C=O) groups is 1. The molecule has 2 rings (SSSR count). The summed E-state index contributed by atoms with van der Waals surface area (Å²) in [6, 6.07) is 17.6. The van der Waals surface area contributed by atoms with E-state index in [0.29, 0.717) is 5.56 Å². The van der Waals surface area contributed by atoms with Gasteiger partial charge in [0.15, 0.2) is 5.78 Å². The molecule has 0 aliphatic heterocycles. The smallest absolute Gasteiger partial charge is 0.408 e. The Kier molecular flexibility index (Phi) is 5.93. The van der Waals surface area contributed by atoms with Crippen LogP contribution in [0.3, 0.4) is 0 Å². The highest BCUT2D eigenvalue weighted by Crippen LogP contribution is 2.54. The van der Waals surface area contributed by atoms with Gasteiger partial charge in [0.2, 0.25) is 0 Å². The molecule has 1 amide bonds. The summed E-state index contributed by atoms with van der Waals surface area (Å²) in [5, 5.41) is 2.40. The first-order valence-electron chi connectivity index (χ1n) is 6.93. The van der Waals surface area contributed by atoms with Crippen molar-refractivity contribution in [2.75, 3.05) is 7.11 Å².